The number of aliphatic imine (C=N–C) groups is 1. The van der Waals surface area contributed by atoms with E-state index in [1.165, 1.54) is 0 Å². The van der Waals surface area contributed by atoms with Gasteiger partial charge in [0.15, 0.2) is 5.96 Å². The number of halogens is 1. The molecule has 0 aliphatic heterocycles. The van der Waals surface area contributed by atoms with Gasteiger partial charge >= 0.3 is 0 Å². The molecule has 0 saturated carbocycles. The fraction of sp³-hybridized carbons (Fsp3) is 0.474. The summed E-state index contributed by atoms with van der Waals surface area (Å²) in [5.74, 6) is 0.923. The largest absolute Gasteiger partial charge is 0.357 e. The highest BCUT2D eigenvalue weighted by atomic mass is 19.1. The van der Waals surface area contributed by atoms with E-state index < -0.39 is 0 Å². The average molecular weight is 345 g/mol. The molecule has 2 atom stereocenters. The number of hydrogen-bond acceptors (Lipinski definition) is 2. The zero-order valence-corrected chi connectivity index (χ0v) is 15.5. The quantitative estimate of drug-likeness (QED) is 0.598. The first-order valence-electron chi connectivity index (χ1n) is 8.78. The van der Waals surface area contributed by atoms with Gasteiger partial charge in [0.25, 0.3) is 0 Å². The number of nitrogens with zero attached hydrogens (tertiary/aromatic N) is 3. The summed E-state index contributed by atoms with van der Waals surface area (Å²) in [6.45, 7) is 10.2. The Hall–Kier alpha value is -2.37. The standard InChI is InChI=1S/C19H28FN5/c1-5-21-19(22-12-14(2)13-25-10-6-9-23-25)24-16(4)17-8-7-15(3)18(20)11-17/h6-11,14,16H,5,12-13H2,1-4H3,(H2,21,22,24). The molecule has 2 rings (SSSR count). The third kappa shape index (κ3) is 5.89. The van der Waals surface area contributed by atoms with Crippen LogP contribution in [0.4, 0.5) is 4.39 Å². The number of hydrogen-bond donors (Lipinski definition) is 2. The van der Waals surface area contributed by atoms with E-state index in [2.05, 4.69) is 27.6 Å². The van der Waals surface area contributed by atoms with Gasteiger partial charge in [0.05, 0.1) is 6.04 Å². The second kappa shape index (κ2) is 9.20. The Balaban J connectivity index is 1.97. The van der Waals surface area contributed by atoms with Gasteiger partial charge in [-0.25, -0.2) is 4.39 Å². The van der Waals surface area contributed by atoms with Crippen LogP contribution in [0.1, 0.15) is 37.9 Å². The van der Waals surface area contributed by atoms with E-state index in [0.717, 1.165) is 24.6 Å². The van der Waals surface area contributed by atoms with Crippen LogP contribution in [0.3, 0.4) is 0 Å². The molecule has 5 nitrogen and oxygen atoms in total. The van der Waals surface area contributed by atoms with E-state index in [4.69, 9.17) is 0 Å². The Bertz CT molecular complexity index is 681. The van der Waals surface area contributed by atoms with Gasteiger partial charge < -0.3 is 10.6 Å². The second-order valence-electron chi connectivity index (χ2n) is 6.43. The molecule has 25 heavy (non-hydrogen) atoms. The van der Waals surface area contributed by atoms with Crippen LogP contribution >= 0.6 is 0 Å². The van der Waals surface area contributed by atoms with Crippen molar-refractivity contribution in [2.45, 2.75) is 40.3 Å². The predicted octanol–water partition coefficient (Wildman–Crippen LogP) is 3.28. The zero-order valence-electron chi connectivity index (χ0n) is 15.5. The molecule has 0 amide bonds. The van der Waals surface area contributed by atoms with Crippen molar-refractivity contribution in [2.75, 3.05) is 13.1 Å². The van der Waals surface area contributed by atoms with E-state index in [-0.39, 0.29) is 11.9 Å². The van der Waals surface area contributed by atoms with E-state index in [1.54, 1.807) is 25.3 Å². The number of guanidine groups is 1. The first-order chi connectivity index (χ1) is 12.0. The number of aromatic nitrogens is 2. The van der Waals surface area contributed by atoms with Gasteiger partial charge in [-0.05, 0) is 49.9 Å². The van der Waals surface area contributed by atoms with Crippen LogP contribution in [0.2, 0.25) is 0 Å². The molecule has 1 aromatic heterocycles. The van der Waals surface area contributed by atoms with Gasteiger partial charge in [0, 0.05) is 32.0 Å². The lowest BCUT2D eigenvalue weighted by molar-refractivity contribution is 0.458. The highest BCUT2D eigenvalue weighted by molar-refractivity contribution is 5.80. The summed E-state index contributed by atoms with van der Waals surface area (Å²) in [6.07, 6.45) is 3.74. The number of rotatable bonds is 7. The lowest BCUT2D eigenvalue weighted by Gasteiger charge is -2.19. The number of aryl methyl sites for hydroxylation is 1. The third-order valence-electron chi connectivity index (χ3n) is 4.01. The molecule has 1 aromatic carbocycles. The van der Waals surface area contributed by atoms with E-state index in [0.29, 0.717) is 18.0 Å². The fourth-order valence-electron chi connectivity index (χ4n) is 2.52. The molecule has 0 spiro atoms. The molecular formula is C19H28FN5. The van der Waals surface area contributed by atoms with Crippen molar-refractivity contribution in [2.24, 2.45) is 10.9 Å². The van der Waals surface area contributed by atoms with Crippen LogP contribution in [-0.4, -0.2) is 28.8 Å². The lowest BCUT2D eigenvalue weighted by atomic mass is 10.1. The monoisotopic (exact) mass is 345 g/mol. The maximum absolute atomic E-state index is 13.8. The summed E-state index contributed by atoms with van der Waals surface area (Å²) in [5, 5.41) is 10.8. The van der Waals surface area contributed by atoms with Crippen LogP contribution in [0.15, 0.2) is 41.7 Å². The number of benzene rings is 1. The molecule has 0 aliphatic carbocycles. The van der Waals surface area contributed by atoms with Gasteiger partial charge in [-0.15, -0.1) is 0 Å². The molecule has 2 unspecified atom stereocenters. The normalized spacial score (nSPS) is 14.2. The third-order valence-corrected chi connectivity index (χ3v) is 4.01. The molecule has 6 heteroatoms. The van der Waals surface area contributed by atoms with Gasteiger partial charge in [-0.1, -0.05) is 19.1 Å². The van der Waals surface area contributed by atoms with Crippen molar-refractivity contribution in [1.29, 1.82) is 0 Å². The predicted molar refractivity (Wildman–Crippen MR) is 100 cm³/mol. The zero-order chi connectivity index (χ0) is 18.2. The first-order valence-corrected chi connectivity index (χ1v) is 8.78. The van der Waals surface area contributed by atoms with Crippen molar-refractivity contribution < 1.29 is 4.39 Å². The molecular weight excluding hydrogens is 317 g/mol. The molecule has 2 N–H and O–H groups in total. The van der Waals surface area contributed by atoms with Crippen molar-refractivity contribution in [3.8, 4) is 0 Å². The Morgan fingerprint density at radius 2 is 2.16 bits per heavy atom. The molecule has 0 bridgehead atoms. The van der Waals surface area contributed by atoms with Crippen molar-refractivity contribution in [3.05, 3.63) is 53.6 Å². The lowest BCUT2D eigenvalue weighted by Crippen LogP contribution is -2.39. The average Bonchev–Trinajstić information content (AvgIpc) is 3.08. The minimum absolute atomic E-state index is 0.0330. The minimum Gasteiger partial charge on any atom is -0.357 e. The van der Waals surface area contributed by atoms with E-state index in [1.807, 2.05) is 36.9 Å². The van der Waals surface area contributed by atoms with Crippen molar-refractivity contribution in [1.82, 2.24) is 20.4 Å². The molecule has 0 fully saturated rings. The molecule has 0 aliphatic rings. The highest BCUT2D eigenvalue weighted by Crippen LogP contribution is 2.16. The molecule has 0 saturated heterocycles. The SMILES string of the molecule is CCNC(=NCC(C)Cn1cccn1)NC(C)c1ccc(C)c(F)c1. The van der Waals surface area contributed by atoms with Crippen LogP contribution in [0, 0.1) is 18.7 Å². The van der Waals surface area contributed by atoms with Gasteiger partial charge in [0.1, 0.15) is 5.82 Å². The summed E-state index contributed by atoms with van der Waals surface area (Å²) in [4.78, 5) is 4.66. The summed E-state index contributed by atoms with van der Waals surface area (Å²) < 4.78 is 15.7. The van der Waals surface area contributed by atoms with Crippen LogP contribution < -0.4 is 10.6 Å². The van der Waals surface area contributed by atoms with E-state index in [9.17, 15) is 4.39 Å². The van der Waals surface area contributed by atoms with Gasteiger partial charge in [0.2, 0.25) is 0 Å². The van der Waals surface area contributed by atoms with Crippen molar-refractivity contribution in [3.63, 3.8) is 0 Å². The summed E-state index contributed by atoms with van der Waals surface area (Å²) in [5.41, 5.74) is 1.56. The van der Waals surface area contributed by atoms with Gasteiger partial charge in [-0.2, -0.15) is 5.10 Å². The number of nitrogens with one attached hydrogen (secondary N) is 2. The Kier molecular flexibility index (Phi) is 6.98. The minimum atomic E-state index is -0.180. The maximum Gasteiger partial charge on any atom is 0.191 e. The van der Waals surface area contributed by atoms with Crippen molar-refractivity contribution >= 4 is 5.96 Å². The summed E-state index contributed by atoms with van der Waals surface area (Å²) >= 11 is 0. The summed E-state index contributed by atoms with van der Waals surface area (Å²) in [7, 11) is 0. The van der Waals surface area contributed by atoms with E-state index >= 15 is 0 Å². The molecule has 1 heterocycles. The van der Waals surface area contributed by atoms with Crippen LogP contribution in [0.25, 0.3) is 0 Å². The van der Waals surface area contributed by atoms with Crippen LogP contribution in [-0.2, 0) is 6.54 Å². The topological polar surface area (TPSA) is 54.2 Å². The fourth-order valence-corrected chi connectivity index (χ4v) is 2.52. The summed E-state index contributed by atoms with van der Waals surface area (Å²) in [6, 6.07) is 7.22. The molecule has 2 aromatic rings. The Labute approximate surface area is 149 Å². The highest BCUT2D eigenvalue weighted by Gasteiger charge is 2.10. The Morgan fingerprint density at radius 3 is 2.80 bits per heavy atom. The van der Waals surface area contributed by atoms with Crippen LogP contribution in [0.5, 0.6) is 0 Å². The molecule has 0 radical (unpaired) electrons. The maximum atomic E-state index is 13.8. The van der Waals surface area contributed by atoms with Gasteiger partial charge in [-0.3, -0.25) is 9.67 Å². The smallest absolute Gasteiger partial charge is 0.191 e. The first kappa shape index (κ1) is 19.0. The molecule has 136 valence electrons. The second-order valence-corrected chi connectivity index (χ2v) is 6.43. The Morgan fingerprint density at radius 1 is 1.36 bits per heavy atom.